The molecule has 1 aromatic heterocycles. The van der Waals surface area contributed by atoms with Gasteiger partial charge in [0.1, 0.15) is 5.56 Å². The van der Waals surface area contributed by atoms with Gasteiger partial charge < -0.3 is 34.6 Å². The molecule has 0 saturated carbocycles. The summed E-state index contributed by atoms with van der Waals surface area (Å²) >= 11 is 0. The van der Waals surface area contributed by atoms with Crippen molar-refractivity contribution in [3.8, 4) is 23.1 Å². The van der Waals surface area contributed by atoms with Crippen molar-refractivity contribution in [1.29, 1.82) is 0 Å². The first-order chi connectivity index (χ1) is 25.2. The first-order valence-corrected chi connectivity index (χ1v) is 18.1. The van der Waals surface area contributed by atoms with Crippen LogP contribution in [0.5, 0.6) is 23.1 Å². The zero-order valence-corrected chi connectivity index (χ0v) is 30.8. The lowest BCUT2D eigenvalue weighted by Crippen LogP contribution is -2.31. The molecule has 1 aliphatic heterocycles. The second-order valence-corrected chi connectivity index (χ2v) is 12.7. The molecule has 4 aromatic rings. The first kappa shape index (κ1) is 38.0. The third kappa shape index (κ3) is 9.75. The number of nitrogens with one attached hydrogen (secondary N) is 2. The Morgan fingerprint density at radius 1 is 0.904 bits per heavy atom. The van der Waals surface area contributed by atoms with Gasteiger partial charge in [0.05, 0.1) is 13.2 Å². The number of aromatic nitrogens is 2. The molecule has 1 aliphatic rings. The molecule has 11 nitrogen and oxygen atoms in total. The molecule has 276 valence electrons. The second-order valence-electron chi connectivity index (χ2n) is 12.7. The molecule has 0 bridgehead atoms. The Morgan fingerprint density at radius 3 is 2.33 bits per heavy atom. The Kier molecular flexibility index (Phi) is 13.4. The van der Waals surface area contributed by atoms with Gasteiger partial charge in [-0.05, 0) is 108 Å². The number of likely N-dealkylation sites (tertiary alicyclic amines) is 1. The standard InChI is InChI=1S/C40H49FN6O5/c1-6-47(7-2)39(49)29-16-18-34(35(24-29)50-8-3)52-38-31(37(48)44-36-27(4)14-12-15-28(36)5)26-42-40(45-38)43-30-17-19-33(32(41)25-30)51-23-13-22-46-20-10-9-11-21-46/h12,14-19,24-26H,6-11,13,20-23H2,1-5H3,(H,44,48)(H,42,43,45). The van der Waals surface area contributed by atoms with Crippen LogP contribution in [0.2, 0.25) is 0 Å². The number of hydrogen-bond donors (Lipinski definition) is 2. The smallest absolute Gasteiger partial charge is 0.262 e. The fourth-order valence-corrected chi connectivity index (χ4v) is 6.12. The highest BCUT2D eigenvalue weighted by Crippen LogP contribution is 2.35. The molecule has 52 heavy (non-hydrogen) atoms. The highest BCUT2D eigenvalue weighted by molar-refractivity contribution is 6.06. The third-order valence-corrected chi connectivity index (χ3v) is 8.98. The molecule has 0 radical (unpaired) electrons. The van der Waals surface area contributed by atoms with Crippen LogP contribution in [0.15, 0.2) is 60.8 Å². The van der Waals surface area contributed by atoms with Crippen LogP contribution in [-0.4, -0.2) is 77.5 Å². The van der Waals surface area contributed by atoms with Crippen molar-refractivity contribution in [3.05, 3.63) is 88.9 Å². The molecule has 0 atom stereocenters. The second kappa shape index (κ2) is 18.3. The van der Waals surface area contributed by atoms with E-state index in [1.807, 2.05) is 52.8 Å². The molecule has 2 heterocycles. The number of piperidine rings is 1. The number of amides is 2. The van der Waals surface area contributed by atoms with E-state index in [-0.39, 0.29) is 34.8 Å². The molecule has 1 fully saturated rings. The summed E-state index contributed by atoms with van der Waals surface area (Å²) in [5, 5.41) is 5.98. The van der Waals surface area contributed by atoms with Gasteiger partial charge in [0.2, 0.25) is 11.8 Å². The van der Waals surface area contributed by atoms with Gasteiger partial charge in [-0.2, -0.15) is 4.98 Å². The van der Waals surface area contributed by atoms with Crippen molar-refractivity contribution in [3.63, 3.8) is 0 Å². The molecule has 1 saturated heterocycles. The maximum Gasteiger partial charge on any atom is 0.262 e. The monoisotopic (exact) mass is 712 g/mol. The number of benzene rings is 3. The van der Waals surface area contributed by atoms with Crippen molar-refractivity contribution in [2.75, 3.05) is 56.6 Å². The number of carbonyl (C=O) groups is 2. The molecule has 2 N–H and O–H groups in total. The molecule has 0 unspecified atom stereocenters. The molecule has 2 amide bonds. The van der Waals surface area contributed by atoms with Crippen LogP contribution in [0.3, 0.4) is 0 Å². The van der Waals surface area contributed by atoms with E-state index in [1.54, 1.807) is 35.2 Å². The zero-order valence-electron chi connectivity index (χ0n) is 30.8. The number of ether oxygens (including phenoxy) is 3. The lowest BCUT2D eigenvalue weighted by atomic mass is 10.1. The lowest BCUT2D eigenvalue weighted by Gasteiger charge is -2.26. The Hall–Kier alpha value is -5.23. The third-order valence-electron chi connectivity index (χ3n) is 8.98. The fraction of sp³-hybridized carbons (Fsp3) is 0.400. The van der Waals surface area contributed by atoms with Crippen molar-refractivity contribution in [2.45, 2.75) is 60.3 Å². The molecular weight excluding hydrogens is 663 g/mol. The van der Waals surface area contributed by atoms with Crippen LogP contribution in [0.4, 0.5) is 21.7 Å². The summed E-state index contributed by atoms with van der Waals surface area (Å²) < 4.78 is 33.0. The number of nitrogens with zero attached hydrogens (tertiary/aromatic N) is 4. The summed E-state index contributed by atoms with van der Waals surface area (Å²) in [5.41, 5.74) is 3.31. The highest BCUT2D eigenvalue weighted by Gasteiger charge is 2.22. The van der Waals surface area contributed by atoms with Gasteiger partial charge in [-0.1, -0.05) is 24.6 Å². The Bertz CT molecular complexity index is 1820. The predicted molar refractivity (Wildman–Crippen MR) is 201 cm³/mol. The fourth-order valence-electron chi connectivity index (χ4n) is 6.12. The van der Waals surface area contributed by atoms with Crippen molar-refractivity contribution in [2.24, 2.45) is 0 Å². The van der Waals surface area contributed by atoms with E-state index in [4.69, 9.17) is 14.2 Å². The summed E-state index contributed by atoms with van der Waals surface area (Å²) in [6.45, 7) is 14.5. The maximum absolute atomic E-state index is 15.1. The Labute approximate surface area is 305 Å². The van der Waals surface area contributed by atoms with Gasteiger partial charge in [-0.15, -0.1) is 0 Å². The van der Waals surface area contributed by atoms with Crippen molar-refractivity contribution < 1.29 is 28.2 Å². The quantitative estimate of drug-likeness (QED) is 0.111. The summed E-state index contributed by atoms with van der Waals surface area (Å²) in [5.74, 6) is -0.429. The summed E-state index contributed by atoms with van der Waals surface area (Å²) in [7, 11) is 0. The predicted octanol–water partition coefficient (Wildman–Crippen LogP) is 8.16. The Balaban J connectivity index is 1.39. The minimum atomic E-state index is -0.523. The van der Waals surface area contributed by atoms with E-state index in [0.717, 1.165) is 37.2 Å². The Morgan fingerprint density at radius 2 is 1.63 bits per heavy atom. The largest absolute Gasteiger partial charge is 0.490 e. The molecule has 0 spiro atoms. The molecule has 5 rings (SSSR count). The van der Waals surface area contributed by atoms with Crippen LogP contribution < -0.4 is 24.8 Å². The lowest BCUT2D eigenvalue weighted by molar-refractivity contribution is 0.0772. The molecule has 12 heteroatoms. The number of para-hydroxylation sites is 1. The van der Waals surface area contributed by atoms with Gasteiger partial charge in [0.15, 0.2) is 23.1 Å². The molecular formula is C40H49FN6O5. The van der Waals surface area contributed by atoms with Gasteiger partial charge in [0, 0.05) is 48.8 Å². The maximum atomic E-state index is 15.1. The topological polar surface area (TPSA) is 118 Å². The van der Waals surface area contributed by atoms with Crippen molar-refractivity contribution >= 4 is 29.1 Å². The number of rotatable bonds is 16. The summed E-state index contributed by atoms with van der Waals surface area (Å²) in [6, 6.07) is 15.2. The van der Waals surface area contributed by atoms with Crippen LogP contribution in [0, 0.1) is 19.7 Å². The van der Waals surface area contributed by atoms with E-state index >= 15 is 4.39 Å². The first-order valence-electron chi connectivity index (χ1n) is 18.1. The number of anilines is 3. The van der Waals surface area contributed by atoms with Gasteiger partial charge in [-0.25, -0.2) is 9.37 Å². The number of halogens is 1. The summed E-state index contributed by atoms with van der Waals surface area (Å²) in [4.78, 5) is 39.9. The van der Waals surface area contributed by atoms with Crippen LogP contribution in [-0.2, 0) is 0 Å². The molecule has 3 aromatic carbocycles. The van der Waals surface area contributed by atoms with Gasteiger partial charge in [0.25, 0.3) is 11.8 Å². The van der Waals surface area contributed by atoms with Crippen molar-refractivity contribution in [1.82, 2.24) is 19.8 Å². The van der Waals surface area contributed by atoms with E-state index in [1.165, 1.54) is 31.5 Å². The van der Waals surface area contributed by atoms with Crippen LogP contribution >= 0.6 is 0 Å². The SMILES string of the molecule is CCOc1cc(C(=O)N(CC)CC)ccc1Oc1nc(Nc2ccc(OCCCN3CCCCC3)c(F)c2)ncc1C(=O)Nc1c(C)cccc1C. The zero-order chi connectivity index (χ0) is 37.0. The van der Waals surface area contributed by atoms with Crippen LogP contribution in [0.1, 0.15) is 78.3 Å². The van der Waals surface area contributed by atoms with Gasteiger partial charge in [-0.3, -0.25) is 9.59 Å². The number of hydrogen-bond acceptors (Lipinski definition) is 9. The average molecular weight is 713 g/mol. The average Bonchev–Trinajstić information content (AvgIpc) is 3.14. The number of aryl methyl sites for hydroxylation is 2. The summed E-state index contributed by atoms with van der Waals surface area (Å²) in [6.07, 6.45) is 5.91. The van der Waals surface area contributed by atoms with E-state index in [9.17, 15) is 9.59 Å². The minimum Gasteiger partial charge on any atom is -0.490 e. The van der Waals surface area contributed by atoms with E-state index in [2.05, 4.69) is 25.5 Å². The highest BCUT2D eigenvalue weighted by atomic mass is 19.1. The van der Waals surface area contributed by atoms with E-state index < -0.39 is 11.7 Å². The van der Waals surface area contributed by atoms with E-state index in [0.29, 0.717) is 49.0 Å². The minimum absolute atomic E-state index is 0.0541. The molecule has 0 aliphatic carbocycles. The van der Waals surface area contributed by atoms with Gasteiger partial charge >= 0.3 is 0 Å². The number of carbonyl (C=O) groups excluding carboxylic acids is 2. The normalized spacial score (nSPS) is 13.0. The van der Waals surface area contributed by atoms with Crippen LogP contribution in [0.25, 0.3) is 0 Å².